The van der Waals surface area contributed by atoms with E-state index in [-0.39, 0.29) is 5.69 Å². The van der Waals surface area contributed by atoms with Gasteiger partial charge in [-0.3, -0.25) is 4.98 Å². The molecule has 0 saturated heterocycles. The second-order valence-electron chi connectivity index (χ2n) is 25.5. The largest absolute Gasteiger partial charge is 0.425 e. The fraction of sp³-hybridized carbons (Fsp3) is 0.143. The van der Waals surface area contributed by atoms with Crippen molar-refractivity contribution in [2.75, 3.05) is 0 Å². The summed E-state index contributed by atoms with van der Waals surface area (Å²) >= 11 is 3.81. The lowest BCUT2D eigenvalue weighted by Crippen LogP contribution is -2.32. The minimum atomic E-state index is -2.51. The molecule has 14 nitrogen and oxygen atoms in total. The zero-order chi connectivity index (χ0) is 71.8. The van der Waals surface area contributed by atoms with Crippen LogP contribution in [0.25, 0.3) is 174 Å². The number of para-hydroxylation sites is 3. The van der Waals surface area contributed by atoms with Crippen LogP contribution in [0.5, 0.6) is 0 Å². The molecule has 100 heavy (non-hydrogen) atoms. The smallest absolute Gasteiger partial charge is 0.334 e. The molecule has 0 aliphatic carbocycles. The molecule has 0 bridgehead atoms. The van der Waals surface area contributed by atoms with Crippen LogP contribution in [0, 0.1) is 34.6 Å². The Morgan fingerprint density at radius 3 is 1.44 bits per heavy atom. The Bertz CT molecular complexity index is 6870. The summed E-state index contributed by atoms with van der Waals surface area (Å²) in [7, 11) is 7.90. The summed E-state index contributed by atoms with van der Waals surface area (Å²) < 4.78 is 81.5. The van der Waals surface area contributed by atoms with E-state index in [0.29, 0.717) is 28.7 Å². The molecule has 1 unspecified atom stereocenters. The molecule has 0 radical (unpaired) electrons. The highest BCUT2D eigenvalue weighted by molar-refractivity contribution is 7.36. The van der Waals surface area contributed by atoms with Crippen molar-refractivity contribution in [2.24, 2.45) is 28.2 Å². The number of benzene rings is 8. The Morgan fingerprint density at radius 2 is 0.900 bits per heavy atom. The van der Waals surface area contributed by atoms with Crippen molar-refractivity contribution in [3.05, 3.63) is 241 Å². The molecule has 0 fully saturated rings. The Hall–Kier alpha value is -11.7. The fourth-order valence-electron chi connectivity index (χ4n) is 13.8. The first-order valence-corrected chi connectivity index (χ1v) is 34.5. The van der Waals surface area contributed by atoms with Gasteiger partial charge in [0.15, 0.2) is 34.3 Å². The molecule has 8 aromatic carbocycles. The second-order valence-corrected chi connectivity index (χ2v) is 27.6. The second kappa shape index (κ2) is 24.4. The average molecular weight is 1350 g/mol. The average Bonchev–Trinajstić information content (AvgIpc) is 1.62. The van der Waals surface area contributed by atoms with Gasteiger partial charge in [0.1, 0.15) is 46.7 Å². The number of hydrogen-bond acceptors (Lipinski definition) is 12. The molecule has 20 aromatic rings. The number of nitrogens with zero attached hydrogens (tertiary/aromatic N) is 8. The van der Waals surface area contributed by atoms with Gasteiger partial charge in [0, 0.05) is 89.0 Å². The zero-order valence-electron chi connectivity index (χ0n) is 60.5. The van der Waals surface area contributed by atoms with E-state index in [0.717, 1.165) is 133 Å². The highest BCUT2D eigenvalue weighted by atomic mass is 32.1. The van der Waals surface area contributed by atoms with Crippen molar-refractivity contribution >= 4 is 152 Å². The van der Waals surface area contributed by atoms with Crippen LogP contribution in [0.2, 0.25) is 0 Å². The van der Waals surface area contributed by atoms with Crippen LogP contribution in [-0.4, -0.2) is 19.9 Å². The van der Waals surface area contributed by atoms with E-state index in [1.165, 1.54) is 47.6 Å². The van der Waals surface area contributed by atoms with Gasteiger partial charge in [0.05, 0.1) is 83.2 Å². The van der Waals surface area contributed by atoms with Crippen LogP contribution >= 0.6 is 22.7 Å². The third kappa shape index (κ3) is 10.3. The van der Waals surface area contributed by atoms with Crippen molar-refractivity contribution in [3.8, 4) is 45.4 Å². The fourth-order valence-corrected chi connectivity index (χ4v) is 16.5. The first kappa shape index (κ1) is 57.4. The van der Waals surface area contributed by atoms with Gasteiger partial charge >= 0.3 is 17.5 Å². The summed E-state index contributed by atoms with van der Waals surface area (Å²) in [6, 6.07) is 55.1. The van der Waals surface area contributed by atoms with Gasteiger partial charge < -0.3 is 26.5 Å². The number of fused-ring (bicyclic) bond motifs is 20. The van der Waals surface area contributed by atoms with Gasteiger partial charge in [-0.1, -0.05) is 123 Å². The van der Waals surface area contributed by atoms with Gasteiger partial charge in [0.2, 0.25) is 5.69 Å². The highest BCUT2D eigenvalue weighted by Gasteiger charge is 2.30. The molecule has 0 amide bonds. The van der Waals surface area contributed by atoms with Crippen molar-refractivity contribution in [3.63, 3.8) is 0 Å². The lowest BCUT2D eigenvalue weighted by Gasteiger charge is -2.06. The van der Waals surface area contributed by atoms with Crippen LogP contribution in [0.3, 0.4) is 0 Å². The van der Waals surface area contributed by atoms with Gasteiger partial charge in [-0.15, -0.1) is 22.7 Å². The van der Waals surface area contributed by atoms with E-state index >= 15 is 0 Å². The Kier molecular flexibility index (Phi) is 14.0. The standard InChI is InChI=1S/C23H21N2O2.C21H17N2O2.C20H15N2O2.C20H15N2S2/c1-13(2)17-11-12-25(4)22(24-17)19-14(3)9-10-16-20-15-7-5-6-8-18(15)26-23(20)27-21(16)19;1-12-8-9-15-18-14-6-4-5-7-16(14)24-21(18)25-19(15)17(12)20-22-13(2)10-11-23(20)3;1-12-8-9-14-17-13-6-3-4-7-15(13)23-20(17)24-18(14)16(12)19-21-10-5-11-22(19)2;1-12-9-15-18(10-14(12)16-11-21-7-8-22(16)2)24-19-13-5-3-4-6-17(13)23-20(15)19/h5-13H,1-4H3;4-11H,1-3H3;2*3-11H,1-2H3/q4*+1/i1D3,13D;;;. The van der Waals surface area contributed by atoms with Crippen molar-refractivity contribution in [1.82, 2.24) is 19.9 Å². The summed E-state index contributed by atoms with van der Waals surface area (Å²) in [5.74, 6) is 2.03. The quantitative estimate of drug-likeness (QED) is 0.153. The summed E-state index contributed by atoms with van der Waals surface area (Å²) in [5, 5.41) is 11.9. The summed E-state index contributed by atoms with van der Waals surface area (Å²) in [4.78, 5) is 18.2. The Labute approximate surface area is 587 Å². The third-order valence-corrected chi connectivity index (χ3v) is 21.4. The maximum absolute atomic E-state index is 8.45. The van der Waals surface area contributed by atoms with Gasteiger partial charge in [-0.25, -0.2) is 13.7 Å². The van der Waals surface area contributed by atoms with Crippen molar-refractivity contribution < 1.29 is 50.3 Å². The lowest BCUT2D eigenvalue weighted by atomic mass is 10.0. The Balaban J connectivity index is 0.000000103. The number of thiophene rings is 2. The first-order valence-electron chi connectivity index (χ1n) is 34.9. The number of furan rings is 6. The minimum Gasteiger partial charge on any atom is -0.425 e. The van der Waals surface area contributed by atoms with Crippen molar-refractivity contribution in [2.45, 2.75) is 54.3 Å². The lowest BCUT2D eigenvalue weighted by molar-refractivity contribution is -0.663. The topological polar surface area (TPSA) is 146 Å². The van der Waals surface area contributed by atoms with E-state index in [1.54, 1.807) is 18.5 Å². The van der Waals surface area contributed by atoms with E-state index in [4.69, 9.17) is 37.0 Å². The van der Waals surface area contributed by atoms with Gasteiger partial charge in [-0.2, -0.15) is 4.57 Å². The van der Waals surface area contributed by atoms with Crippen LogP contribution in [0.15, 0.2) is 234 Å². The van der Waals surface area contributed by atoms with Crippen LogP contribution < -0.4 is 18.3 Å². The minimum absolute atomic E-state index is 0.178. The molecule has 0 aliphatic heterocycles. The van der Waals surface area contributed by atoms with E-state index in [9.17, 15) is 0 Å². The highest BCUT2D eigenvalue weighted by Crippen LogP contribution is 2.47. The zero-order valence-corrected chi connectivity index (χ0v) is 58.1. The van der Waals surface area contributed by atoms with E-state index < -0.39 is 12.7 Å². The van der Waals surface area contributed by atoms with Crippen LogP contribution in [-0.2, 0) is 28.2 Å². The molecule has 12 aromatic heterocycles. The van der Waals surface area contributed by atoms with Gasteiger partial charge in [0.25, 0.3) is 17.3 Å². The number of hydrogen-bond donors (Lipinski definition) is 0. The number of rotatable bonds is 5. The normalized spacial score (nSPS) is 13.1. The third-order valence-electron chi connectivity index (χ3n) is 18.9. The monoisotopic (exact) mass is 1350 g/mol. The predicted molar refractivity (Wildman–Crippen MR) is 401 cm³/mol. The molecule has 0 N–H and O–H groups in total. The molecule has 12 heterocycles. The molecule has 0 aliphatic rings. The van der Waals surface area contributed by atoms with Gasteiger partial charge in [-0.05, 0) is 101 Å². The summed E-state index contributed by atoms with van der Waals surface area (Å²) in [6.45, 7) is 9.16. The predicted octanol–water partition coefficient (Wildman–Crippen LogP) is 20.5. The molecule has 488 valence electrons. The maximum Gasteiger partial charge on any atom is 0.334 e. The summed E-state index contributed by atoms with van der Waals surface area (Å²) in [5.41, 5.74) is 15.5. The maximum atomic E-state index is 8.45. The molecule has 0 spiro atoms. The van der Waals surface area contributed by atoms with Crippen molar-refractivity contribution in [1.29, 1.82) is 0 Å². The summed E-state index contributed by atoms with van der Waals surface area (Å²) in [6.07, 6.45) is 13.3. The molecule has 16 heteroatoms. The molecule has 20 rings (SSSR count). The molecular formula is C84H68N8O6S2+4. The van der Waals surface area contributed by atoms with E-state index in [1.807, 2.05) is 187 Å². The van der Waals surface area contributed by atoms with Crippen LogP contribution in [0.1, 0.15) is 58.8 Å². The van der Waals surface area contributed by atoms with E-state index in [2.05, 4.69) is 120 Å². The number of aryl methyl sites for hydroxylation is 9. The number of aromatic nitrogens is 8. The molecule has 0 saturated carbocycles. The Morgan fingerprint density at radius 1 is 0.420 bits per heavy atom. The SMILES string of the molecule is Cc1cc2c(cc1-c1cncc[n+]1C)sc1c3ccccc3sc21.Cc1cc[n+](C)c(-c2c(C)ccc3c2oc2oc4ccccc4c23)n1.Cc1ccc2c(oc3oc4ccccc4c32)c1-c1nccc[n+]1C.[2H]C([2H])([2H])C([2H])(C)c1cc[n+](C)c(-c2c(C)ccc3c2oc2oc4ccccc4c23)n1. The van der Waals surface area contributed by atoms with Crippen LogP contribution in [0.4, 0.5) is 0 Å². The first-order chi connectivity index (χ1) is 50.2. The molecule has 1 atom stereocenters. The molecular weight excluding hydrogens is 1280 g/mol.